The number of anilines is 1. The highest BCUT2D eigenvalue weighted by Gasteiger charge is 2.28. The minimum absolute atomic E-state index is 0.149. The van der Waals surface area contributed by atoms with Gasteiger partial charge in [-0.3, -0.25) is 4.79 Å². The van der Waals surface area contributed by atoms with Gasteiger partial charge in [0.25, 0.3) is 5.91 Å². The van der Waals surface area contributed by atoms with E-state index in [4.69, 9.17) is 9.47 Å². The van der Waals surface area contributed by atoms with E-state index in [-0.39, 0.29) is 40.3 Å². The Kier molecular flexibility index (Phi) is 6.74. The summed E-state index contributed by atoms with van der Waals surface area (Å²) in [5, 5.41) is 2.95. The molecule has 0 aliphatic rings. The summed E-state index contributed by atoms with van der Waals surface area (Å²) in [4.78, 5) is 42.5. The summed E-state index contributed by atoms with van der Waals surface area (Å²) in [6.07, 6.45) is 3.42. The molecule has 0 saturated carbocycles. The molecule has 0 fully saturated rings. The summed E-state index contributed by atoms with van der Waals surface area (Å²) in [6, 6.07) is 3.77. The van der Waals surface area contributed by atoms with Gasteiger partial charge in [0.05, 0.1) is 18.8 Å². The van der Waals surface area contributed by atoms with Crippen molar-refractivity contribution in [2.24, 2.45) is 5.92 Å². The monoisotopic (exact) mass is 443 g/mol. The lowest BCUT2D eigenvalue weighted by Crippen LogP contribution is -2.15. The number of amides is 1. The third-order valence-corrected chi connectivity index (χ3v) is 5.62. The standard InChI is InChI=1S/C22H25N3O5S/c1-6-29-21(27)17-14(5)18(22(28)30-11-12(2)3)31-20(17)24-19(26)15-10-25-8-7-13(4)9-16(25)23-15/h7-10,12H,6,11H2,1-5H3,(H,24,26). The lowest BCUT2D eigenvalue weighted by atomic mass is 10.1. The van der Waals surface area contributed by atoms with Crippen LogP contribution in [-0.2, 0) is 9.47 Å². The van der Waals surface area contributed by atoms with Crippen LogP contribution in [0.15, 0.2) is 24.5 Å². The zero-order valence-corrected chi connectivity index (χ0v) is 19.0. The quantitative estimate of drug-likeness (QED) is 0.548. The summed E-state index contributed by atoms with van der Waals surface area (Å²) >= 11 is 0.991. The first-order valence-corrected chi connectivity index (χ1v) is 10.8. The Hall–Kier alpha value is -3.20. The maximum atomic E-state index is 12.9. The fourth-order valence-electron chi connectivity index (χ4n) is 2.91. The van der Waals surface area contributed by atoms with E-state index in [0.29, 0.717) is 11.2 Å². The molecule has 3 rings (SSSR count). The Morgan fingerprint density at radius 1 is 1.19 bits per heavy atom. The third kappa shape index (κ3) is 4.93. The van der Waals surface area contributed by atoms with Gasteiger partial charge in [-0.15, -0.1) is 11.3 Å². The van der Waals surface area contributed by atoms with Crippen molar-refractivity contribution >= 4 is 39.8 Å². The minimum atomic E-state index is -0.611. The number of thiophene rings is 1. The Bertz CT molecular complexity index is 1150. The molecule has 31 heavy (non-hydrogen) atoms. The third-order valence-electron chi connectivity index (χ3n) is 4.43. The number of hydrogen-bond acceptors (Lipinski definition) is 7. The molecule has 0 aromatic carbocycles. The molecule has 0 bridgehead atoms. The van der Waals surface area contributed by atoms with Gasteiger partial charge in [-0.1, -0.05) is 13.8 Å². The van der Waals surface area contributed by atoms with E-state index in [2.05, 4.69) is 10.3 Å². The van der Waals surface area contributed by atoms with Gasteiger partial charge >= 0.3 is 11.9 Å². The lowest BCUT2D eigenvalue weighted by Gasteiger charge is -2.07. The molecule has 0 radical (unpaired) electrons. The first-order chi connectivity index (χ1) is 14.7. The van der Waals surface area contributed by atoms with E-state index in [1.165, 1.54) is 0 Å². The van der Waals surface area contributed by atoms with Crippen LogP contribution in [0.25, 0.3) is 5.65 Å². The van der Waals surface area contributed by atoms with Crippen molar-refractivity contribution in [1.82, 2.24) is 9.38 Å². The van der Waals surface area contributed by atoms with Gasteiger partial charge in [0.15, 0.2) is 0 Å². The topological polar surface area (TPSA) is 99.0 Å². The molecule has 0 atom stereocenters. The molecule has 0 aliphatic carbocycles. The van der Waals surface area contributed by atoms with Crippen LogP contribution in [0.3, 0.4) is 0 Å². The molecule has 0 spiro atoms. The van der Waals surface area contributed by atoms with Crippen LogP contribution in [0.1, 0.15) is 62.4 Å². The van der Waals surface area contributed by atoms with E-state index < -0.39 is 17.8 Å². The molecule has 0 saturated heterocycles. The number of aromatic nitrogens is 2. The summed E-state index contributed by atoms with van der Waals surface area (Å²) in [5.41, 5.74) is 2.41. The summed E-state index contributed by atoms with van der Waals surface area (Å²) in [6.45, 7) is 9.55. The number of pyridine rings is 1. The molecule has 9 heteroatoms. The van der Waals surface area contributed by atoms with Crippen LogP contribution in [-0.4, -0.2) is 40.4 Å². The van der Waals surface area contributed by atoms with Gasteiger partial charge in [-0.25, -0.2) is 14.6 Å². The number of hydrogen-bond donors (Lipinski definition) is 1. The van der Waals surface area contributed by atoms with Crippen molar-refractivity contribution in [3.05, 3.63) is 51.8 Å². The molecule has 164 valence electrons. The zero-order valence-electron chi connectivity index (χ0n) is 18.1. The van der Waals surface area contributed by atoms with Crippen molar-refractivity contribution in [3.63, 3.8) is 0 Å². The molecular weight excluding hydrogens is 418 g/mol. The average Bonchev–Trinajstić information content (AvgIpc) is 3.27. The molecule has 3 aromatic heterocycles. The van der Waals surface area contributed by atoms with Crippen molar-refractivity contribution in [2.75, 3.05) is 18.5 Å². The highest BCUT2D eigenvalue weighted by Crippen LogP contribution is 2.34. The Morgan fingerprint density at radius 2 is 1.94 bits per heavy atom. The molecule has 0 unspecified atom stereocenters. The maximum Gasteiger partial charge on any atom is 0.348 e. The van der Waals surface area contributed by atoms with Crippen LogP contribution in [0.4, 0.5) is 5.00 Å². The van der Waals surface area contributed by atoms with Crippen molar-refractivity contribution in [3.8, 4) is 0 Å². The van der Waals surface area contributed by atoms with Gasteiger partial charge in [-0.2, -0.15) is 0 Å². The van der Waals surface area contributed by atoms with Gasteiger partial charge < -0.3 is 19.2 Å². The fraction of sp³-hybridized carbons (Fsp3) is 0.364. The fourth-order valence-corrected chi connectivity index (χ4v) is 4.00. The van der Waals surface area contributed by atoms with E-state index >= 15 is 0 Å². The minimum Gasteiger partial charge on any atom is -0.462 e. The highest BCUT2D eigenvalue weighted by molar-refractivity contribution is 7.18. The second kappa shape index (κ2) is 9.30. The summed E-state index contributed by atoms with van der Waals surface area (Å²) < 4.78 is 12.2. The van der Waals surface area contributed by atoms with Gasteiger partial charge in [0.2, 0.25) is 0 Å². The molecule has 1 amide bonds. The molecule has 3 heterocycles. The van der Waals surface area contributed by atoms with E-state index in [0.717, 1.165) is 16.9 Å². The van der Waals surface area contributed by atoms with E-state index in [9.17, 15) is 14.4 Å². The Morgan fingerprint density at radius 3 is 2.61 bits per heavy atom. The van der Waals surface area contributed by atoms with E-state index in [1.54, 1.807) is 24.4 Å². The smallest absolute Gasteiger partial charge is 0.348 e. The lowest BCUT2D eigenvalue weighted by molar-refractivity contribution is 0.0464. The second-order valence-electron chi connectivity index (χ2n) is 7.52. The number of esters is 2. The molecule has 1 N–H and O–H groups in total. The second-order valence-corrected chi connectivity index (χ2v) is 8.54. The first-order valence-electron chi connectivity index (χ1n) is 9.95. The Balaban J connectivity index is 1.93. The summed E-state index contributed by atoms with van der Waals surface area (Å²) in [5.74, 6) is -1.47. The average molecular weight is 444 g/mol. The predicted octanol–water partition coefficient (Wildman–Crippen LogP) is 4.25. The number of fused-ring (bicyclic) bond motifs is 1. The normalized spacial score (nSPS) is 11.0. The molecular formula is C22H25N3O5S. The highest BCUT2D eigenvalue weighted by atomic mass is 32.1. The SMILES string of the molecule is CCOC(=O)c1c(NC(=O)c2cn3ccc(C)cc3n2)sc(C(=O)OCC(C)C)c1C. The summed E-state index contributed by atoms with van der Waals surface area (Å²) in [7, 11) is 0. The van der Waals surface area contributed by atoms with Gasteiger partial charge in [0, 0.05) is 12.4 Å². The van der Waals surface area contributed by atoms with Crippen LogP contribution in [0.2, 0.25) is 0 Å². The number of ether oxygens (including phenoxy) is 2. The number of imidazole rings is 1. The molecule has 3 aromatic rings. The largest absolute Gasteiger partial charge is 0.462 e. The van der Waals surface area contributed by atoms with Crippen molar-refractivity contribution < 1.29 is 23.9 Å². The number of aryl methyl sites for hydroxylation is 1. The van der Waals surface area contributed by atoms with Gasteiger partial charge in [0.1, 0.15) is 21.2 Å². The maximum absolute atomic E-state index is 12.9. The van der Waals surface area contributed by atoms with Crippen LogP contribution in [0.5, 0.6) is 0 Å². The van der Waals surface area contributed by atoms with E-state index in [1.807, 2.05) is 39.1 Å². The number of nitrogens with one attached hydrogen (secondary N) is 1. The van der Waals surface area contributed by atoms with Crippen molar-refractivity contribution in [2.45, 2.75) is 34.6 Å². The number of rotatable bonds is 7. The van der Waals surface area contributed by atoms with Gasteiger partial charge in [-0.05, 0) is 49.9 Å². The van der Waals surface area contributed by atoms with Crippen LogP contribution in [0, 0.1) is 19.8 Å². The van der Waals surface area contributed by atoms with Crippen molar-refractivity contribution in [1.29, 1.82) is 0 Å². The number of carbonyl (C=O) groups excluding carboxylic acids is 3. The number of nitrogens with zero attached hydrogens (tertiary/aromatic N) is 2. The zero-order chi connectivity index (χ0) is 22.7. The molecule has 0 aliphatic heterocycles. The molecule has 8 nitrogen and oxygen atoms in total. The van der Waals surface area contributed by atoms with Crippen LogP contribution < -0.4 is 5.32 Å². The Labute approximate surface area is 184 Å². The number of carbonyl (C=O) groups is 3. The van der Waals surface area contributed by atoms with Crippen LogP contribution >= 0.6 is 11.3 Å². The first kappa shape index (κ1) is 22.5. The predicted molar refractivity (Wildman–Crippen MR) is 118 cm³/mol.